The largest absolute Gasteiger partial charge is 0.508 e. The Morgan fingerprint density at radius 2 is 2.07 bits per heavy atom. The Hall–Kier alpha value is -0.540. The van der Waals surface area contributed by atoms with Gasteiger partial charge in [0.05, 0.1) is 0 Å². The molecule has 3 heteroatoms. The van der Waals surface area contributed by atoms with Crippen LogP contribution in [-0.4, -0.2) is 10.6 Å². The van der Waals surface area contributed by atoms with Crippen molar-refractivity contribution in [3.63, 3.8) is 0 Å². The van der Waals surface area contributed by atoms with E-state index in [0.717, 1.165) is 19.3 Å². The van der Waals surface area contributed by atoms with Gasteiger partial charge in [0, 0.05) is 5.54 Å². The van der Waals surface area contributed by atoms with Crippen LogP contribution in [0.2, 0.25) is 0 Å². The molecule has 0 saturated carbocycles. The van der Waals surface area contributed by atoms with Gasteiger partial charge in [-0.1, -0.05) is 6.07 Å². The lowest BCUT2D eigenvalue weighted by Crippen LogP contribution is -2.41. The number of phenols is 1. The molecule has 0 aromatic heterocycles. The van der Waals surface area contributed by atoms with E-state index in [1.165, 1.54) is 11.1 Å². The Balaban J connectivity index is 0.000000980. The van der Waals surface area contributed by atoms with Gasteiger partial charge in [-0.05, 0) is 49.4 Å². The zero-order valence-corrected chi connectivity index (χ0v) is 10.00. The first-order valence-corrected chi connectivity index (χ1v) is 4.66. The van der Waals surface area contributed by atoms with Gasteiger partial charge < -0.3 is 10.8 Å². The van der Waals surface area contributed by atoms with Crippen LogP contribution in [0.1, 0.15) is 24.5 Å². The number of rotatable bonds is 0. The summed E-state index contributed by atoms with van der Waals surface area (Å²) >= 11 is 0. The Morgan fingerprint density at radius 3 is 2.79 bits per heavy atom. The fourth-order valence-electron chi connectivity index (χ4n) is 1.96. The number of fused-ring (bicyclic) bond motifs is 1. The molecule has 0 saturated heterocycles. The zero-order valence-electron chi connectivity index (χ0n) is 8.29. The molecule has 1 unspecified atom stereocenters. The molecule has 0 fully saturated rings. The van der Waals surface area contributed by atoms with Crippen LogP contribution in [0.15, 0.2) is 18.2 Å². The molecule has 0 radical (unpaired) electrons. The smallest absolute Gasteiger partial charge is 0.115 e. The summed E-state index contributed by atoms with van der Waals surface area (Å²) < 4.78 is 0. The van der Waals surface area contributed by atoms with E-state index in [0.29, 0.717) is 5.75 Å². The zero-order chi connectivity index (χ0) is 9.47. The highest BCUT2D eigenvalue weighted by molar-refractivity contribution is 8.93. The van der Waals surface area contributed by atoms with E-state index in [1.54, 1.807) is 6.07 Å². The van der Waals surface area contributed by atoms with Crippen molar-refractivity contribution in [2.75, 3.05) is 0 Å². The fraction of sp³-hybridized carbons (Fsp3) is 0.455. The van der Waals surface area contributed by atoms with Gasteiger partial charge in [-0.25, -0.2) is 0 Å². The molecule has 78 valence electrons. The van der Waals surface area contributed by atoms with E-state index in [-0.39, 0.29) is 22.5 Å². The second-order valence-electron chi connectivity index (χ2n) is 4.28. The van der Waals surface area contributed by atoms with Crippen molar-refractivity contribution in [2.24, 2.45) is 5.73 Å². The van der Waals surface area contributed by atoms with Crippen molar-refractivity contribution in [1.82, 2.24) is 0 Å². The van der Waals surface area contributed by atoms with Crippen LogP contribution >= 0.6 is 17.0 Å². The minimum absolute atomic E-state index is 0. The summed E-state index contributed by atoms with van der Waals surface area (Å²) in [7, 11) is 0. The Bertz CT molecular complexity index is 336. The molecule has 1 aromatic carbocycles. The van der Waals surface area contributed by atoms with Crippen molar-refractivity contribution >= 4 is 17.0 Å². The van der Waals surface area contributed by atoms with Crippen LogP contribution in [0, 0.1) is 0 Å². The molecule has 0 bridgehead atoms. The molecule has 0 aliphatic heterocycles. The number of hydrogen-bond acceptors (Lipinski definition) is 2. The summed E-state index contributed by atoms with van der Waals surface area (Å²) in [5.41, 5.74) is 8.50. The second-order valence-corrected chi connectivity index (χ2v) is 4.28. The van der Waals surface area contributed by atoms with Crippen molar-refractivity contribution < 1.29 is 5.11 Å². The lowest BCUT2D eigenvalue weighted by atomic mass is 9.80. The highest BCUT2D eigenvalue weighted by Gasteiger charge is 2.25. The molecule has 2 rings (SSSR count). The summed E-state index contributed by atoms with van der Waals surface area (Å²) in [5, 5.41) is 9.32. The number of nitrogens with two attached hydrogens (primary N) is 1. The normalized spacial score (nSPS) is 25.0. The Labute approximate surface area is 94.9 Å². The van der Waals surface area contributed by atoms with Crippen LogP contribution in [-0.2, 0) is 12.8 Å². The highest BCUT2D eigenvalue weighted by Crippen LogP contribution is 2.28. The van der Waals surface area contributed by atoms with Gasteiger partial charge in [0.25, 0.3) is 0 Å². The van der Waals surface area contributed by atoms with Crippen LogP contribution < -0.4 is 5.73 Å². The number of aryl methyl sites for hydroxylation is 1. The maximum Gasteiger partial charge on any atom is 0.115 e. The summed E-state index contributed by atoms with van der Waals surface area (Å²) in [6.45, 7) is 2.07. The molecule has 3 N–H and O–H groups in total. The third-order valence-corrected chi connectivity index (χ3v) is 2.75. The van der Waals surface area contributed by atoms with Gasteiger partial charge in [0.15, 0.2) is 0 Å². The average molecular weight is 258 g/mol. The Morgan fingerprint density at radius 1 is 1.36 bits per heavy atom. The lowest BCUT2D eigenvalue weighted by Gasteiger charge is -2.31. The quantitative estimate of drug-likeness (QED) is 0.749. The summed E-state index contributed by atoms with van der Waals surface area (Å²) in [5.74, 6) is 0.344. The van der Waals surface area contributed by atoms with Gasteiger partial charge >= 0.3 is 0 Å². The molecule has 14 heavy (non-hydrogen) atoms. The molecule has 0 heterocycles. The maximum atomic E-state index is 9.32. The van der Waals surface area contributed by atoms with Crippen LogP contribution in [0.5, 0.6) is 5.75 Å². The summed E-state index contributed by atoms with van der Waals surface area (Å²) in [6.07, 6.45) is 2.93. The topological polar surface area (TPSA) is 46.2 Å². The van der Waals surface area contributed by atoms with Crippen LogP contribution in [0.4, 0.5) is 0 Å². The van der Waals surface area contributed by atoms with Crippen molar-refractivity contribution in [3.8, 4) is 5.75 Å². The van der Waals surface area contributed by atoms with Gasteiger partial charge in [0.2, 0.25) is 0 Å². The molecule has 0 spiro atoms. The molecular formula is C11H16BrNO. The number of aromatic hydroxyl groups is 1. The second kappa shape index (κ2) is 3.91. The number of halogens is 1. The predicted molar refractivity (Wildman–Crippen MR) is 63.0 cm³/mol. The first-order chi connectivity index (χ1) is 6.07. The van der Waals surface area contributed by atoms with E-state index in [1.807, 2.05) is 12.1 Å². The van der Waals surface area contributed by atoms with E-state index in [9.17, 15) is 5.11 Å². The predicted octanol–water partition coefficient (Wildman–Crippen LogP) is 2.18. The third-order valence-electron chi connectivity index (χ3n) is 2.75. The van der Waals surface area contributed by atoms with E-state index in [2.05, 4.69) is 6.92 Å². The van der Waals surface area contributed by atoms with Gasteiger partial charge in [0.1, 0.15) is 5.75 Å². The Kier molecular flexibility index (Phi) is 3.22. The minimum atomic E-state index is -0.0964. The number of hydrogen-bond donors (Lipinski definition) is 2. The van der Waals surface area contributed by atoms with E-state index in [4.69, 9.17) is 5.73 Å². The summed E-state index contributed by atoms with van der Waals surface area (Å²) in [4.78, 5) is 0. The molecule has 1 atom stereocenters. The average Bonchev–Trinajstić information content (AvgIpc) is 2.01. The monoisotopic (exact) mass is 257 g/mol. The molecule has 1 aliphatic rings. The third kappa shape index (κ3) is 2.28. The minimum Gasteiger partial charge on any atom is -0.508 e. The van der Waals surface area contributed by atoms with E-state index < -0.39 is 0 Å². The maximum absolute atomic E-state index is 9.32. The van der Waals surface area contributed by atoms with E-state index >= 15 is 0 Å². The first-order valence-electron chi connectivity index (χ1n) is 4.66. The fourth-order valence-corrected chi connectivity index (χ4v) is 1.96. The summed E-state index contributed by atoms with van der Waals surface area (Å²) in [6, 6.07) is 5.58. The van der Waals surface area contributed by atoms with Gasteiger partial charge in [-0.15, -0.1) is 17.0 Å². The molecule has 0 amide bonds. The van der Waals surface area contributed by atoms with Crippen molar-refractivity contribution in [3.05, 3.63) is 29.3 Å². The molecular weight excluding hydrogens is 242 g/mol. The first kappa shape index (κ1) is 11.5. The lowest BCUT2D eigenvalue weighted by molar-refractivity contribution is 0.406. The molecule has 2 nitrogen and oxygen atoms in total. The van der Waals surface area contributed by atoms with Crippen molar-refractivity contribution in [1.29, 1.82) is 0 Å². The SMILES string of the molecule is Br.CC1(N)CCc2ccc(O)cc2C1. The van der Waals surface area contributed by atoms with Gasteiger partial charge in [-0.3, -0.25) is 0 Å². The standard InChI is InChI=1S/C11H15NO.BrH/c1-11(12)5-4-8-2-3-10(13)6-9(8)7-11;/h2-3,6,13H,4-5,7,12H2,1H3;1H. The van der Waals surface area contributed by atoms with Crippen LogP contribution in [0.3, 0.4) is 0 Å². The van der Waals surface area contributed by atoms with Gasteiger partial charge in [-0.2, -0.15) is 0 Å². The molecule has 1 aliphatic carbocycles. The van der Waals surface area contributed by atoms with Crippen molar-refractivity contribution in [2.45, 2.75) is 31.7 Å². The van der Waals surface area contributed by atoms with Crippen LogP contribution in [0.25, 0.3) is 0 Å². The highest BCUT2D eigenvalue weighted by atomic mass is 79.9. The number of phenolic OH excluding ortho intramolecular Hbond substituents is 1. The molecule has 1 aromatic rings. The number of benzene rings is 1.